The summed E-state index contributed by atoms with van der Waals surface area (Å²) in [7, 11) is 0. The molecule has 1 nitrogen and oxygen atoms in total. The number of benzene rings is 4. The molecule has 0 atom stereocenters. The van der Waals surface area contributed by atoms with Crippen LogP contribution in [0.2, 0.25) is 0 Å². The fourth-order valence-corrected chi connectivity index (χ4v) is 5.93. The zero-order valence-corrected chi connectivity index (χ0v) is 26.1. The maximum absolute atomic E-state index is 8.93. The fourth-order valence-electron chi connectivity index (χ4n) is 5.93. The molecule has 40 heavy (non-hydrogen) atoms. The van der Waals surface area contributed by atoms with E-state index in [4.69, 9.17) is 6.85 Å². The monoisotopic (exact) mass is 534 g/mol. The van der Waals surface area contributed by atoms with Gasteiger partial charge in [0.2, 0.25) is 0 Å². The summed E-state index contributed by atoms with van der Waals surface area (Å²) in [4.78, 5) is 0. The highest BCUT2D eigenvalue weighted by Gasteiger charge is 2.28. The van der Waals surface area contributed by atoms with Gasteiger partial charge in [-0.1, -0.05) is 131 Å². The highest BCUT2D eigenvalue weighted by Crippen LogP contribution is 2.46. The van der Waals surface area contributed by atoms with Crippen molar-refractivity contribution >= 4 is 21.8 Å². The molecule has 1 aromatic heterocycles. The lowest BCUT2D eigenvalue weighted by Gasteiger charge is -2.27. The molecule has 0 aliphatic heterocycles. The van der Waals surface area contributed by atoms with Crippen molar-refractivity contribution in [2.75, 3.05) is 0 Å². The summed E-state index contributed by atoms with van der Waals surface area (Å²) in [6.07, 6.45) is 0. The van der Waals surface area contributed by atoms with Gasteiger partial charge in [-0.3, -0.25) is 0 Å². The largest absolute Gasteiger partial charge is 0.309 e. The van der Waals surface area contributed by atoms with Crippen molar-refractivity contribution in [2.45, 2.75) is 98.3 Å². The Morgan fingerprint density at radius 1 is 0.650 bits per heavy atom. The number of hydrogen-bond acceptors (Lipinski definition) is 0. The van der Waals surface area contributed by atoms with E-state index in [9.17, 15) is 0 Å². The summed E-state index contributed by atoms with van der Waals surface area (Å²) in [6.45, 7) is 24.6. The van der Waals surface area contributed by atoms with E-state index in [2.05, 4.69) is 117 Å². The molecule has 0 amide bonds. The van der Waals surface area contributed by atoms with Gasteiger partial charge in [0.25, 0.3) is 0 Å². The molecular formula is C39H47N. The molecule has 0 aliphatic carbocycles. The van der Waals surface area contributed by atoms with Gasteiger partial charge in [0, 0.05) is 16.5 Å². The van der Waals surface area contributed by atoms with Crippen LogP contribution >= 0.6 is 0 Å². The summed E-state index contributed by atoms with van der Waals surface area (Å²) in [5.41, 5.74) is 8.54. The lowest BCUT2D eigenvalue weighted by Crippen LogP contribution is -2.17. The quantitative estimate of drug-likeness (QED) is 0.217. The standard InChI is InChI=1S/C39H47N/c1-25(2)30-20-21-33-35(36(30)39(9,10)11)34-31(26-16-13-12-14-17-26)18-15-19-32(34)40(33)29-23-27(37(3,4)5)22-28(24-29)38(6,7)8/h12-25H,1-11H3/i12D,13D,14D,16D,17D. The van der Waals surface area contributed by atoms with E-state index in [1.807, 2.05) is 12.1 Å². The first-order valence-corrected chi connectivity index (χ1v) is 14.5. The predicted octanol–water partition coefficient (Wildman–Crippen LogP) is 11.5. The molecule has 1 heteroatoms. The van der Waals surface area contributed by atoms with Crippen molar-refractivity contribution in [3.63, 3.8) is 0 Å². The number of rotatable bonds is 3. The zero-order valence-electron chi connectivity index (χ0n) is 31.1. The maximum Gasteiger partial charge on any atom is 0.0629 e. The minimum absolute atomic E-state index is 0.0748. The van der Waals surface area contributed by atoms with Crippen molar-refractivity contribution in [1.29, 1.82) is 0 Å². The molecule has 5 rings (SSSR count). The van der Waals surface area contributed by atoms with Crippen LogP contribution in [-0.2, 0) is 16.2 Å². The summed E-state index contributed by atoms with van der Waals surface area (Å²) in [5.74, 6) is 0.270. The summed E-state index contributed by atoms with van der Waals surface area (Å²) in [5, 5.41) is 1.99. The second-order valence-electron chi connectivity index (χ2n) is 14.6. The Bertz CT molecular complexity index is 1910. The van der Waals surface area contributed by atoms with Gasteiger partial charge < -0.3 is 4.57 Å². The van der Waals surface area contributed by atoms with Crippen molar-refractivity contribution in [3.8, 4) is 16.8 Å². The van der Waals surface area contributed by atoms with Crippen LogP contribution in [0, 0.1) is 0 Å². The third kappa shape index (κ3) is 4.89. The lowest BCUT2D eigenvalue weighted by atomic mass is 9.77. The van der Waals surface area contributed by atoms with Crippen molar-refractivity contribution < 1.29 is 6.85 Å². The van der Waals surface area contributed by atoms with Crippen LogP contribution in [0.3, 0.4) is 0 Å². The van der Waals surface area contributed by atoms with E-state index < -0.39 is 0 Å². The normalized spacial score (nSPS) is 14.8. The van der Waals surface area contributed by atoms with E-state index in [1.54, 1.807) is 0 Å². The molecule has 0 radical (unpaired) electrons. The Kier molecular flexibility index (Phi) is 5.40. The Morgan fingerprint density at radius 3 is 1.75 bits per heavy atom. The van der Waals surface area contributed by atoms with Gasteiger partial charge in [-0.25, -0.2) is 0 Å². The maximum atomic E-state index is 8.93. The Morgan fingerprint density at radius 2 is 1.23 bits per heavy atom. The number of aromatic nitrogens is 1. The first-order valence-electron chi connectivity index (χ1n) is 17.0. The Balaban J connectivity index is 2.10. The molecule has 0 N–H and O–H groups in total. The van der Waals surface area contributed by atoms with Crippen LogP contribution in [0.15, 0.2) is 78.7 Å². The van der Waals surface area contributed by atoms with Gasteiger partial charge in [0.1, 0.15) is 0 Å². The first kappa shape index (κ1) is 22.4. The lowest BCUT2D eigenvalue weighted by molar-refractivity contribution is 0.568. The van der Waals surface area contributed by atoms with Gasteiger partial charge in [-0.15, -0.1) is 0 Å². The molecule has 0 bridgehead atoms. The van der Waals surface area contributed by atoms with Crippen molar-refractivity contribution in [2.24, 2.45) is 0 Å². The molecule has 0 saturated carbocycles. The molecule has 0 fully saturated rings. The van der Waals surface area contributed by atoms with Crippen LogP contribution in [-0.4, -0.2) is 4.57 Å². The minimum atomic E-state index is -0.380. The highest BCUT2D eigenvalue weighted by molar-refractivity contribution is 6.17. The minimum Gasteiger partial charge on any atom is -0.309 e. The smallest absolute Gasteiger partial charge is 0.0629 e. The van der Waals surface area contributed by atoms with Crippen LogP contribution in [0.4, 0.5) is 0 Å². The zero-order chi connectivity index (χ0) is 33.5. The molecule has 4 aromatic carbocycles. The Labute approximate surface area is 249 Å². The second kappa shape index (κ2) is 9.65. The molecule has 0 saturated heterocycles. The van der Waals surface area contributed by atoms with Gasteiger partial charge in [0.05, 0.1) is 17.9 Å². The number of nitrogens with zero attached hydrogens (tertiary/aromatic N) is 1. The third-order valence-electron chi connectivity index (χ3n) is 8.04. The van der Waals surface area contributed by atoms with Gasteiger partial charge >= 0.3 is 0 Å². The highest BCUT2D eigenvalue weighted by atomic mass is 15.0. The van der Waals surface area contributed by atoms with E-state index in [1.165, 1.54) is 22.3 Å². The topological polar surface area (TPSA) is 4.93 Å². The Hall–Kier alpha value is -3.32. The number of fused-ring (bicyclic) bond motifs is 3. The second-order valence-corrected chi connectivity index (χ2v) is 14.6. The van der Waals surface area contributed by atoms with Crippen LogP contribution in [0.25, 0.3) is 38.6 Å². The predicted molar refractivity (Wildman–Crippen MR) is 176 cm³/mol. The van der Waals surface area contributed by atoms with Gasteiger partial charge in [-0.2, -0.15) is 0 Å². The third-order valence-corrected chi connectivity index (χ3v) is 8.04. The van der Waals surface area contributed by atoms with Crippen LogP contribution in [0.1, 0.15) is 111 Å². The van der Waals surface area contributed by atoms with Crippen LogP contribution < -0.4 is 0 Å². The summed E-state index contributed by atoms with van der Waals surface area (Å²) >= 11 is 0. The fraction of sp³-hybridized carbons (Fsp3) is 0.385. The van der Waals surface area contributed by atoms with E-state index in [0.29, 0.717) is 5.56 Å². The van der Waals surface area contributed by atoms with E-state index >= 15 is 0 Å². The first-order chi connectivity index (χ1) is 20.7. The number of hydrogen-bond donors (Lipinski definition) is 0. The molecule has 0 aliphatic rings. The van der Waals surface area contributed by atoms with Crippen molar-refractivity contribution in [3.05, 3.63) is 101 Å². The molecular weight excluding hydrogens is 482 g/mol. The van der Waals surface area contributed by atoms with Gasteiger partial charge in [-0.05, 0) is 79.8 Å². The van der Waals surface area contributed by atoms with E-state index in [0.717, 1.165) is 27.5 Å². The summed E-state index contributed by atoms with van der Waals surface area (Å²) < 4.78 is 45.4. The molecule has 5 aromatic rings. The molecule has 208 valence electrons. The molecule has 0 unspecified atom stereocenters. The summed E-state index contributed by atoms with van der Waals surface area (Å²) in [6, 6.07) is 16.0. The van der Waals surface area contributed by atoms with Gasteiger partial charge in [0.15, 0.2) is 0 Å². The average Bonchev–Trinajstić information content (AvgIpc) is 3.27. The SMILES string of the molecule is [2H]c1c([2H])c([2H])c(-c2cccc3c2c2c(C(C)(C)C)c(C(C)C)ccc2n3-c2cc(C(C)(C)C)cc(C(C)(C)C)c2)c([2H])c1[2H]. The van der Waals surface area contributed by atoms with E-state index in [-0.39, 0.29) is 57.9 Å². The average molecular weight is 535 g/mol. The van der Waals surface area contributed by atoms with Crippen molar-refractivity contribution in [1.82, 2.24) is 4.57 Å². The van der Waals surface area contributed by atoms with Crippen LogP contribution in [0.5, 0.6) is 0 Å². The molecule has 0 spiro atoms. The molecule has 1 heterocycles.